The quantitative estimate of drug-likeness (QED) is 0.561. The fraction of sp³-hybridized carbons (Fsp3) is 0.100. The molecule has 2 amide bonds. The van der Waals surface area contributed by atoms with Crippen LogP contribution in [0.4, 0.5) is 5.69 Å². The van der Waals surface area contributed by atoms with E-state index < -0.39 is 11.8 Å². The van der Waals surface area contributed by atoms with E-state index in [1.165, 1.54) is 4.90 Å². The van der Waals surface area contributed by atoms with Crippen LogP contribution < -0.4 is 10.2 Å². The molecule has 0 aromatic heterocycles. The molecule has 0 saturated carbocycles. The van der Waals surface area contributed by atoms with Crippen LogP contribution in [0.1, 0.15) is 5.56 Å². The summed E-state index contributed by atoms with van der Waals surface area (Å²) in [5, 5.41) is 2.43. The zero-order valence-corrected chi connectivity index (χ0v) is 8.80. The minimum Gasteiger partial charge on any atom is -0.294 e. The van der Waals surface area contributed by atoms with Crippen molar-refractivity contribution in [1.82, 2.24) is 5.32 Å². The highest BCUT2D eigenvalue weighted by atomic mass is 32.1. The van der Waals surface area contributed by atoms with E-state index in [4.69, 9.17) is 12.2 Å². The lowest BCUT2D eigenvalue weighted by atomic mass is 10.2. The number of nitrogens with one attached hydrogen (secondary N) is 1. The third-order valence-corrected chi connectivity index (χ3v) is 2.40. The number of hydrogen-bond donors (Lipinski definition) is 1. The van der Waals surface area contributed by atoms with Gasteiger partial charge in [-0.25, -0.2) is 4.90 Å². The highest BCUT2D eigenvalue weighted by molar-refractivity contribution is 7.80. The summed E-state index contributed by atoms with van der Waals surface area (Å²) >= 11 is 4.88. The Morgan fingerprint density at radius 1 is 1.20 bits per heavy atom. The van der Waals surface area contributed by atoms with Crippen LogP contribution in [0.5, 0.6) is 0 Å². The molecular formula is C10H8N2O2S. The predicted octanol–water partition coefficient (Wildman–Crippen LogP) is 0.743. The molecule has 1 aliphatic heterocycles. The molecule has 1 aliphatic rings. The van der Waals surface area contributed by atoms with E-state index in [-0.39, 0.29) is 5.11 Å². The summed E-state index contributed by atoms with van der Waals surface area (Å²) < 4.78 is 0. The van der Waals surface area contributed by atoms with Gasteiger partial charge in [0.2, 0.25) is 0 Å². The van der Waals surface area contributed by atoms with Gasteiger partial charge in [0, 0.05) is 0 Å². The second kappa shape index (κ2) is 3.43. The molecule has 1 heterocycles. The van der Waals surface area contributed by atoms with Crippen LogP contribution in [-0.4, -0.2) is 16.9 Å². The first-order chi connectivity index (χ1) is 7.09. The minimum absolute atomic E-state index is 0.133. The zero-order chi connectivity index (χ0) is 11.0. The number of aryl methyl sites for hydroxylation is 1. The number of anilines is 1. The first-order valence-corrected chi connectivity index (χ1v) is 4.76. The number of rotatable bonds is 1. The maximum Gasteiger partial charge on any atom is 0.323 e. The van der Waals surface area contributed by atoms with Crippen LogP contribution in [0.15, 0.2) is 24.3 Å². The number of thiocarbonyl (C=S) groups is 1. The monoisotopic (exact) mass is 220 g/mol. The van der Waals surface area contributed by atoms with Crippen molar-refractivity contribution in [3.8, 4) is 0 Å². The zero-order valence-electron chi connectivity index (χ0n) is 7.98. The number of carbonyl (C=O) groups is 2. The maximum absolute atomic E-state index is 11.4. The lowest BCUT2D eigenvalue weighted by Gasteiger charge is -2.13. The molecule has 1 N–H and O–H groups in total. The van der Waals surface area contributed by atoms with E-state index >= 15 is 0 Å². The van der Waals surface area contributed by atoms with Crippen molar-refractivity contribution in [1.29, 1.82) is 0 Å². The summed E-state index contributed by atoms with van der Waals surface area (Å²) in [7, 11) is 0. The van der Waals surface area contributed by atoms with Gasteiger partial charge in [-0.1, -0.05) is 17.7 Å². The summed E-state index contributed by atoms with van der Waals surface area (Å²) in [6.45, 7) is 1.94. The van der Waals surface area contributed by atoms with Crippen molar-refractivity contribution in [3.63, 3.8) is 0 Å². The van der Waals surface area contributed by atoms with Gasteiger partial charge in [0.15, 0.2) is 5.11 Å². The number of nitrogens with zero attached hydrogens (tertiary/aromatic N) is 1. The van der Waals surface area contributed by atoms with Gasteiger partial charge in [0.05, 0.1) is 5.69 Å². The molecule has 1 aromatic rings. The van der Waals surface area contributed by atoms with Crippen LogP contribution in [0.25, 0.3) is 0 Å². The van der Waals surface area contributed by atoms with Gasteiger partial charge < -0.3 is 0 Å². The fourth-order valence-corrected chi connectivity index (χ4v) is 1.61. The average Bonchev–Trinajstić information content (AvgIpc) is 2.44. The standard InChI is InChI=1S/C10H8N2O2S/c1-6-2-4-7(5-3-6)12-9(14)8(13)11-10(12)15/h2-5H,1H3,(H,11,13,15). The van der Waals surface area contributed by atoms with Gasteiger partial charge in [0.25, 0.3) is 0 Å². The second-order valence-electron chi connectivity index (χ2n) is 3.24. The van der Waals surface area contributed by atoms with Crippen molar-refractivity contribution in [2.45, 2.75) is 6.92 Å². The average molecular weight is 220 g/mol. The molecule has 0 spiro atoms. The third kappa shape index (κ3) is 1.61. The van der Waals surface area contributed by atoms with Gasteiger partial charge in [-0.05, 0) is 31.3 Å². The van der Waals surface area contributed by atoms with Crippen molar-refractivity contribution in [2.24, 2.45) is 0 Å². The van der Waals surface area contributed by atoms with Crippen LogP contribution in [0.3, 0.4) is 0 Å². The highest BCUT2D eigenvalue weighted by Crippen LogP contribution is 2.18. The van der Waals surface area contributed by atoms with Gasteiger partial charge >= 0.3 is 11.8 Å². The SMILES string of the molecule is Cc1ccc(N2C(=O)C(=O)NC2=S)cc1. The number of amides is 2. The summed E-state index contributed by atoms with van der Waals surface area (Å²) in [4.78, 5) is 23.7. The molecule has 1 saturated heterocycles. The molecule has 0 radical (unpaired) electrons. The second-order valence-corrected chi connectivity index (χ2v) is 3.62. The molecule has 0 atom stereocenters. The molecule has 1 aromatic carbocycles. The van der Waals surface area contributed by atoms with E-state index in [9.17, 15) is 9.59 Å². The Hall–Kier alpha value is -1.75. The van der Waals surface area contributed by atoms with E-state index in [1.807, 2.05) is 19.1 Å². The van der Waals surface area contributed by atoms with Crippen molar-refractivity contribution in [2.75, 3.05) is 4.90 Å². The van der Waals surface area contributed by atoms with Crippen LogP contribution in [-0.2, 0) is 9.59 Å². The van der Waals surface area contributed by atoms with Crippen LogP contribution in [0.2, 0.25) is 0 Å². The topological polar surface area (TPSA) is 49.4 Å². The predicted molar refractivity (Wildman–Crippen MR) is 59.4 cm³/mol. The van der Waals surface area contributed by atoms with E-state index in [0.29, 0.717) is 5.69 Å². The summed E-state index contributed by atoms with van der Waals surface area (Å²) in [5.74, 6) is -1.32. The maximum atomic E-state index is 11.4. The van der Waals surface area contributed by atoms with E-state index in [2.05, 4.69) is 5.32 Å². The Morgan fingerprint density at radius 3 is 2.27 bits per heavy atom. The van der Waals surface area contributed by atoms with Crippen molar-refractivity contribution in [3.05, 3.63) is 29.8 Å². The minimum atomic E-state index is -0.680. The molecule has 4 nitrogen and oxygen atoms in total. The van der Waals surface area contributed by atoms with Crippen LogP contribution in [0, 0.1) is 6.92 Å². The number of hydrogen-bond acceptors (Lipinski definition) is 3. The molecule has 0 aliphatic carbocycles. The fourth-order valence-electron chi connectivity index (χ4n) is 1.33. The Labute approximate surface area is 91.9 Å². The lowest BCUT2D eigenvalue weighted by molar-refractivity contribution is -0.134. The third-order valence-electron chi connectivity index (χ3n) is 2.11. The Kier molecular flexibility index (Phi) is 2.24. The summed E-state index contributed by atoms with van der Waals surface area (Å²) in [6, 6.07) is 7.21. The molecule has 2 rings (SSSR count). The summed E-state index contributed by atoms with van der Waals surface area (Å²) in [6.07, 6.45) is 0. The molecular weight excluding hydrogens is 212 g/mol. The summed E-state index contributed by atoms with van der Waals surface area (Å²) in [5.41, 5.74) is 1.68. The molecule has 5 heteroatoms. The lowest BCUT2D eigenvalue weighted by Crippen LogP contribution is -2.30. The smallest absolute Gasteiger partial charge is 0.294 e. The normalized spacial score (nSPS) is 15.8. The first kappa shape index (κ1) is 9.79. The Balaban J connectivity index is 2.39. The van der Waals surface area contributed by atoms with Crippen molar-refractivity contribution < 1.29 is 9.59 Å². The van der Waals surface area contributed by atoms with E-state index in [1.54, 1.807) is 12.1 Å². The van der Waals surface area contributed by atoms with Crippen LogP contribution >= 0.6 is 12.2 Å². The molecule has 0 unspecified atom stereocenters. The molecule has 76 valence electrons. The van der Waals surface area contributed by atoms with Gasteiger partial charge in [-0.3, -0.25) is 14.9 Å². The molecule has 1 fully saturated rings. The van der Waals surface area contributed by atoms with Gasteiger partial charge in [-0.15, -0.1) is 0 Å². The van der Waals surface area contributed by atoms with Gasteiger partial charge in [-0.2, -0.15) is 0 Å². The Bertz CT molecular complexity index is 453. The first-order valence-electron chi connectivity index (χ1n) is 4.35. The number of carbonyl (C=O) groups excluding carboxylic acids is 2. The largest absolute Gasteiger partial charge is 0.323 e. The van der Waals surface area contributed by atoms with Gasteiger partial charge in [0.1, 0.15) is 0 Å². The Morgan fingerprint density at radius 2 is 1.80 bits per heavy atom. The molecule has 15 heavy (non-hydrogen) atoms. The van der Waals surface area contributed by atoms with Crippen molar-refractivity contribution >= 4 is 34.8 Å². The molecule has 0 bridgehead atoms. The van der Waals surface area contributed by atoms with E-state index in [0.717, 1.165) is 5.56 Å². The number of benzene rings is 1. The highest BCUT2D eigenvalue weighted by Gasteiger charge is 2.34.